The minimum atomic E-state index is -0.332. The van der Waals surface area contributed by atoms with E-state index in [-0.39, 0.29) is 11.8 Å². The number of halogens is 1. The normalized spacial score (nSPS) is 10.1. The fourth-order valence-corrected chi connectivity index (χ4v) is 2.90. The molecule has 0 spiro atoms. The summed E-state index contributed by atoms with van der Waals surface area (Å²) >= 11 is 3.37. The molecule has 132 valence electrons. The van der Waals surface area contributed by atoms with Crippen LogP contribution in [0.3, 0.4) is 0 Å². The Labute approximate surface area is 154 Å². The summed E-state index contributed by atoms with van der Waals surface area (Å²) in [6.07, 6.45) is 0. The van der Waals surface area contributed by atoms with E-state index in [1.807, 2.05) is 0 Å². The largest absolute Gasteiger partial charge is 0.495 e. The lowest BCUT2D eigenvalue weighted by Crippen LogP contribution is -2.20. The molecule has 25 heavy (non-hydrogen) atoms. The highest BCUT2D eigenvalue weighted by atomic mass is 79.9. The molecular formula is C18H19BrN2O4. The van der Waals surface area contributed by atoms with Crippen molar-refractivity contribution in [1.82, 2.24) is 5.32 Å². The minimum absolute atomic E-state index is 0.208. The second-order valence-electron chi connectivity index (χ2n) is 5.21. The molecule has 0 bridgehead atoms. The van der Waals surface area contributed by atoms with Gasteiger partial charge in [-0.15, -0.1) is 0 Å². The third-order valence-electron chi connectivity index (χ3n) is 3.76. The Bertz CT molecular complexity index is 796. The van der Waals surface area contributed by atoms with Crippen molar-refractivity contribution >= 4 is 33.4 Å². The molecule has 0 atom stereocenters. The van der Waals surface area contributed by atoms with Gasteiger partial charge in [0.15, 0.2) is 0 Å². The maximum atomic E-state index is 12.6. The monoisotopic (exact) mass is 406 g/mol. The molecule has 2 amide bonds. The van der Waals surface area contributed by atoms with E-state index in [1.165, 1.54) is 14.2 Å². The molecule has 0 heterocycles. The van der Waals surface area contributed by atoms with Gasteiger partial charge >= 0.3 is 0 Å². The molecule has 2 N–H and O–H groups in total. The van der Waals surface area contributed by atoms with Crippen LogP contribution in [-0.2, 0) is 0 Å². The molecule has 0 aliphatic carbocycles. The molecule has 2 rings (SSSR count). The van der Waals surface area contributed by atoms with E-state index in [0.717, 1.165) is 0 Å². The second-order valence-corrected chi connectivity index (χ2v) is 6.00. The van der Waals surface area contributed by atoms with Crippen molar-refractivity contribution in [3.05, 3.63) is 51.5 Å². The first kappa shape index (κ1) is 18.8. The number of carbonyl (C=O) groups excluding carboxylic acids is 2. The molecule has 2 aromatic rings. The maximum Gasteiger partial charge on any atom is 0.255 e. The number of rotatable bonds is 5. The summed E-state index contributed by atoms with van der Waals surface area (Å²) in [6, 6.07) is 8.39. The van der Waals surface area contributed by atoms with Gasteiger partial charge < -0.3 is 20.1 Å². The predicted molar refractivity (Wildman–Crippen MR) is 99.8 cm³/mol. The lowest BCUT2D eigenvalue weighted by atomic mass is 10.1. The highest BCUT2D eigenvalue weighted by molar-refractivity contribution is 9.10. The summed E-state index contributed by atoms with van der Waals surface area (Å²) in [5.41, 5.74) is 2.13. The number of nitrogens with one attached hydrogen (secondary N) is 2. The minimum Gasteiger partial charge on any atom is -0.495 e. The predicted octanol–water partition coefficient (Wildman–Crippen LogP) is 3.39. The van der Waals surface area contributed by atoms with E-state index in [0.29, 0.717) is 38.3 Å². The van der Waals surface area contributed by atoms with E-state index >= 15 is 0 Å². The summed E-state index contributed by atoms with van der Waals surface area (Å²) in [7, 11) is 4.59. The third-order valence-corrected chi connectivity index (χ3v) is 4.54. The summed E-state index contributed by atoms with van der Waals surface area (Å²) < 4.78 is 11.1. The van der Waals surface area contributed by atoms with Gasteiger partial charge in [0.1, 0.15) is 16.0 Å². The van der Waals surface area contributed by atoms with E-state index in [4.69, 9.17) is 9.47 Å². The van der Waals surface area contributed by atoms with Crippen LogP contribution in [0.15, 0.2) is 34.8 Å². The third kappa shape index (κ3) is 3.93. The van der Waals surface area contributed by atoms with Gasteiger partial charge in [-0.3, -0.25) is 9.59 Å². The van der Waals surface area contributed by atoms with Crippen molar-refractivity contribution in [3.8, 4) is 11.5 Å². The molecule has 0 aromatic heterocycles. The molecule has 0 unspecified atom stereocenters. The molecule has 0 aliphatic rings. The second kappa shape index (κ2) is 8.02. The van der Waals surface area contributed by atoms with E-state index in [1.54, 1.807) is 44.3 Å². The highest BCUT2D eigenvalue weighted by Gasteiger charge is 2.17. The van der Waals surface area contributed by atoms with Gasteiger partial charge in [0.2, 0.25) is 0 Å². The first-order valence-electron chi connectivity index (χ1n) is 7.47. The number of hydrogen-bond donors (Lipinski definition) is 2. The first-order valence-corrected chi connectivity index (χ1v) is 8.26. The Kier molecular flexibility index (Phi) is 6.03. The zero-order valence-electron chi connectivity index (χ0n) is 14.4. The molecule has 0 radical (unpaired) electrons. The van der Waals surface area contributed by atoms with Crippen molar-refractivity contribution in [1.29, 1.82) is 0 Å². The van der Waals surface area contributed by atoms with Crippen LogP contribution in [0.5, 0.6) is 11.5 Å². The Morgan fingerprint density at radius 1 is 1.04 bits per heavy atom. The van der Waals surface area contributed by atoms with Crippen LogP contribution in [0.1, 0.15) is 26.3 Å². The van der Waals surface area contributed by atoms with Crippen molar-refractivity contribution in [2.75, 3.05) is 26.6 Å². The summed E-state index contributed by atoms with van der Waals surface area (Å²) in [5, 5.41) is 5.40. The SMILES string of the molecule is CNC(=O)c1cccc(NC(=O)c2cc(OC)c(Br)c(OC)c2)c1C. The fourth-order valence-electron chi connectivity index (χ4n) is 2.35. The van der Waals surface area contributed by atoms with Crippen molar-refractivity contribution in [3.63, 3.8) is 0 Å². The Hall–Kier alpha value is -2.54. The molecule has 0 saturated heterocycles. The van der Waals surface area contributed by atoms with Crippen LogP contribution >= 0.6 is 15.9 Å². The Morgan fingerprint density at radius 3 is 2.16 bits per heavy atom. The van der Waals surface area contributed by atoms with Gasteiger partial charge in [-0.25, -0.2) is 0 Å². The summed E-state index contributed by atoms with van der Waals surface area (Å²) in [6.45, 7) is 1.78. The standard InChI is InChI=1S/C18H19BrN2O4/c1-10-12(18(23)20-2)6-5-7-13(10)21-17(22)11-8-14(24-3)16(19)15(9-11)25-4/h5-9H,1-4H3,(H,20,23)(H,21,22). The molecule has 7 heteroatoms. The smallest absolute Gasteiger partial charge is 0.255 e. The van der Waals surface area contributed by atoms with Gasteiger partial charge in [0, 0.05) is 23.9 Å². The summed E-state index contributed by atoms with van der Waals surface area (Å²) in [5.74, 6) is 0.433. The van der Waals surface area contributed by atoms with Crippen LogP contribution in [-0.4, -0.2) is 33.1 Å². The quantitative estimate of drug-likeness (QED) is 0.797. The van der Waals surface area contributed by atoms with Gasteiger partial charge in [0.25, 0.3) is 11.8 Å². The zero-order valence-corrected chi connectivity index (χ0v) is 16.0. The van der Waals surface area contributed by atoms with Crippen LogP contribution in [0.4, 0.5) is 5.69 Å². The molecule has 0 aliphatic heterocycles. The number of anilines is 1. The van der Waals surface area contributed by atoms with Crippen molar-refractivity contribution < 1.29 is 19.1 Å². The van der Waals surface area contributed by atoms with Gasteiger partial charge in [-0.1, -0.05) is 6.07 Å². The topological polar surface area (TPSA) is 76.7 Å². The van der Waals surface area contributed by atoms with E-state index in [2.05, 4.69) is 26.6 Å². The van der Waals surface area contributed by atoms with E-state index < -0.39 is 0 Å². The van der Waals surface area contributed by atoms with Gasteiger partial charge in [-0.2, -0.15) is 0 Å². The van der Waals surface area contributed by atoms with Crippen LogP contribution in [0, 0.1) is 6.92 Å². The van der Waals surface area contributed by atoms with Crippen LogP contribution in [0.25, 0.3) is 0 Å². The number of ether oxygens (including phenoxy) is 2. The lowest BCUT2D eigenvalue weighted by Gasteiger charge is -2.14. The number of benzene rings is 2. The molecule has 0 saturated carbocycles. The van der Waals surface area contributed by atoms with E-state index in [9.17, 15) is 9.59 Å². The average Bonchev–Trinajstić information content (AvgIpc) is 2.62. The van der Waals surface area contributed by atoms with Crippen molar-refractivity contribution in [2.24, 2.45) is 0 Å². The van der Waals surface area contributed by atoms with Gasteiger partial charge in [0.05, 0.1) is 14.2 Å². The number of hydrogen-bond acceptors (Lipinski definition) is 4. The molecule has 0 fully saturated rings. The number of methoxy groups -OCH3 is 2. The Balaban J connectivity index is 2.36. The molecular weight excluding hydrogens is 388 g/mol. The first-order chi connectivity index (χ1) is 11.9. The fraction of sp³-hybridized carbons (Fsp3) is 0.222. The van der Waals surface area contributed by atoms with Crippen molar-refractivity contribution in [2.45, 2.75) is 6.92 Å². The maximum absolute atomic E-state index is 12.6. The highest BCUT2D eigenvalue weighted by Crippen LogP contribution is 2.35. The zero-order chi connectivity index (χ0) is 18.6. The average molecular weight is 407 g/mol. The molecule has 2 aromatic carbocycles. The molecule has 6 nitrogen and oxygen atoms in total. The Morgan fingerprint density at radius 2 is 1.64 bits per heavy atom. The van der Waals surface area contributed by atoms with Gasteiger partial charge in [-0.05, 0) is 52.7 Å². The number of carbonyl (C=O) groups is 2. The van der Waals surface area contributed by atoms with Crippen LogP contribution in [0.2, 0.25) is 0 Å². The lowest BCUT2D eigenvalue weighted by molar-refractivity contribution is 0.0960. The number of amides is 2. The summed E-state index contributed by atoms with van der Waals surface area (Å²) in [4.78, 5) is 24.5. The van der Waals surface area contributed by atoms with Crippen LogP contribution < -0.4 is 20.1 Å².